The molecule has 0 radical (unpaired) electrons. The lowest BCUT2D eigenvalue weighted by Crippen LogP contribution is -2.40. The summed E-state index contributed by atoms with van der Waals surface area (Å²) in [7, 11) is -3.64. The van der Waals surface area contributed by atoms with Gasteiger partial charge in [-0.2, -0.15) is 4.31 Å². The highest BCUT2D eigenvalue weighted by molar-refractivity contribution is 7.89. The van der Waals surface area contributed by atoms with Gasteiger partial charge in [0.25, 0.3) is 5.91 Å². The van der Waals surface area contributed by atoms with Crippen LogP contribution in [0.15, 0.2) is 27.6 Å². The molecule has 0 saturated carbocycles. The summed E-state index contributed by atoms with van der Waals surface area (Å²) in [6.45, 7) is 2.80. The second kappa shape index (κ2) is 6.98. The molecule has 1 aromatic carbocycles. The zero-order chi connectivity index (χ0) is 18.1. The van der Waals surface area contributed by atoms with Gasteiger partial charge >= 0.3 is 0 Å². The van der Waals surface area contributed by atoms with Crippen molar-refractivity contribution in [1.29, 1.82) is 0 Å². The number of amides is 1. The van der Waals surface area contributed by atoms with E-state index >= 15 is 0 Å². The predicted molar refractivity (Wildman–Crippen MR) is 93.3 cm³/mol. The summed E-state index contributed by atoms with van der Waals surface area (Å²) in [5.74, 6) is -0.204. The van der Waals surface area contributed by atoms with E-state index in [0.717, 1.165) is 19.3 Å². The number of hydrogen-bond acceptors (Lipinski definition) is 6. The van der Waals surface area contributed by atoms with Crippen molar-refractivity contribution in [1.82, 2.24) is 14.4 Å². The number of carbonyl (C=O) groups is 1. The van der Waals surface area contributed by atoms with Crippen LogP contribution >= 0.6 is 0 Å². The summed E-state index contributed by atoms with van der Waals surface area (Å²) in [6.07, 6.45) is 3.06. The normalized spacial score (nSPS) is 19.8. The zero-order valence-corrected chi connectivity index (χ0v) is 15.2. The van der Waals surface area contributed by atoms with E-state index < -0.39 is 10.0 Å². The maximum Gasteiger partial charge on any atom is 0.276 e. The first-order valence-corrected chi connectivity index (χ1v) is 10.3. The Morgan fingerprint density at radius 3 is 2.50 bits per heavy atom. The van der Waals surface area contributed by atoms with Gasteiger partial charge in [-0.25, -0.2) is 8.42 Å². The molecule has 1 aromatic heterocycles. The highest BCUT2D eigenvalue weighted by Crippen LogP contribution is 2.26. The van der Waals surface area contributed by atoms with E-state index in [0.29, 0.717) is 50.4 Å². The fourth-order valence-corrected chi connectivity index (χ4v) is 4.85. The van der Waals surface area contributed by atoms with Crippen LogP contribution < -0.4 is 0 Å². The van der Waals surface area contributed by atoms with Crippen LogP contribution in [-0.2, 0) is 14.8 Å². The Balaban J connectivity index is 1.69. The molecule has 1 amide bonds. The lowest BCUT2D eigenvalue weighted by atomic mass is 10.1. The second-order valence-corrected chi connectivity index (χ2v) is 8.50. The molecule has 4 rings (SSSR count). The number of nitrogens with zero attached hydrogens (tertiary/aromatic N) is 3. The third-order valence-electron chi connectivity index (χ3n) is 4.90. The summed E-state index contributed by atoms with van der Waals surface area (Å²) >= 11 is 0. The quantitative estimate of drug-likeness (QED) is 0.802. The van der Waals surface area contributed by atoms with Crippen molar-refractivity contribution < 1.29 is 22.5 Å². The fourth-order valence-electron chi connectivity index (χ4n) is 3.42. The summed E-state index contributed by atoms with van der Waals surface area (Å²) in [4.78, 5) is 14.7. The average Bonchev–Trinajstić information content (AvgIpc) is 3.12. The molecule has 0 atom stereocenters. The van der Waals surface area contributed by atoms with Gasteiger partial charge in [0.1, 0.15) is 0 Å². The number of piperidine rings is 1. The molecule has 0 N–H and O–H groups in total. The van der Waals surface area contributed by atoms with Crippen LogP contribution in [0, 0.1) is 0 Å². The molecular formula is C17H21N3O5S. The predicted octanol–water partition coefficient (Wildman–Crippen LogP) is 1.47. The van der Waals surface area contributed by atoms with Gasteiger partial charge < -0.3 is 14.2 Å². The van der Waals surface area contributed by atoms with Crippen molar-refractivity contribution in [2.45, 2.75) is 24.2 Å². The molecule has 2 fully saturated rings. The number of sulfonamides is 1. The number of fused-ring (bicyclic) bond motifs is 1. The van der Waals surface area contributed by atoms with E-state index in [1.54, 1.807) is 11.0 Å². The number of carbonyl (C=O) groups excluding carboxylic acids is 1. The molecule has 0 aliphatic carbocycles. The molecule has 2 aliphatic rings. The average molecular weight is 379 g/mol. The van der Waals surface area contributed by atoms with Crippen LogP contribution in [0.4, 0.5) is 0 Å². The van der Waals surface area contributed by atoms with Gasteiger partial charge in [0.05, 0.1) is 23.5 Å². The molecule has 2 aliphatic heterocycles. The zero-order valence-electron chi connectivity index (χ0n) is 14.4. The van der Waals surface area contributed by atoms with Crippen molar-refractivity contribution in [3.8, 4) is 0 Å². The van der Waals surface area contributed by atoms with Crippen LogP contribution in [0.25, 0.3) is 11.0 Å². The molecule has 140 valence electrons. The van der Waals surface area contributed by atoms with Gasteiger partial charge in [-0.3, -0.25) is 4.79 Å². The summed E-state index contributed by atoms with van der Waals surface area (Å²) in [6, 6.07) is 4.55. The number of likely N-dealkylation sites (tertiary alicyclic amines) is 1. The molecule has 8 nitrogen and oxygen atoms in total. The molecule has 3 heterocycles. The molecule has 0 unspecified atom stereocenters. The van der Waals surface area contributed by atoms with Crippen molar-refractivity contribution in [2.24, 2.45) is 0 Å². The summed E-state index contributed by atoms with van der Waals surface area (Å²) in [5.41, 5.74) is 0.590. The highest BCUT2D eigenvalue weighted by Gasteiger charge is 2.29. The first-order valence-electron chi connectivity index (χ1n) is 8.84. The Morgan fingerprint density at radius 1 is 1.04 bits per heavy atom. The number of morpholine rings is 1. The number of hydrogen-bond donors (Lipinski definition) is 0. The number of ether oxygens (including phenoxy) is 1. The molecule has 2 saturated heterocycles. The number of benzene rings is 1. The first kappa shape index (κ1) is 17.4. The van der Waals surface area contributed by atoms with Gasteiger partial charge in [0, 0.05) is 26.2 Å². The Morgan fingerprint density at radius 2 is 1.77 bits per heavy atom. The smallest absolute Gasteiger partial charge is 0.276 e. The van der Waals surface area contributed by atoms with E-state index in [9.17, 15) is 13.2 Å². The second-order valence-electron chi connectivity index (χ2n) is 6.56. The van der Waals surface area contributed by atoms with Gasteiger partial charge in [0.2, 0.25) is 10.0 Å². The van der Waals surface area contributed by atoms with E-state index in [1.807, 2.05) is 0 Å². The Kier molecular flexibility index (Phi) is 4.68. The lowest BCUT2D eigenvalue weighted by Gasteiger charge is -2.26. The van der Waals surface area contributed by atoms with E-state index in [-0.39, 0.29) is 16.5 Å². The number of aromatic nitrogens is 1. The molecule has 2 aromatic rings. The highest BCUT2D eigenvalue weighted by atomic mass is 32.2. The van der Waals surface area contributed by atoms with E-state index in [1.165, 1.54) is 16.4 Å². The molecular weight excluding hydrogens is 358 g/mol. The third kappa shape index (κ3) is 3.10. The van der Waals surface area contributed by atoms with Crippen molar-refractivity contribution in [2.75, 3.05) is 39.4 Å². The van der Waals surface area contributed by atoms with Crippen LogP contribution in [0.5, 0.6) is 0 Å². The van der Waals surface area contributed by atoms with E-state index in [2.05, 4.69) is 5.16 Å². The maximum absolute atomic E-state index is 12.9. The third-order valence-corrected chi connectivity index (χ3v) is 6.79. The van der Waals surface area contributed by atoms with Crippen LogP contribution in [0.1, 0.15) is 29.8 Å². The SMILES string of the molecule is O=C(c1noc2ccc(S(=O)(=O)N3CCOCC3)cc12)N1CCCCC1. The first-order chi connectivity index (χ1) is 12.6. The van der Waals surface area contributed by atoms with Gasteiger partial charge in [-0.15, -0.1) is 0 Å². The molecule has 0 bridgehead atoms. The monoisotopic (exact) mass is 379 g/mol. The van der Waals surface area contributed by atoms with Gasteiger partial charge in [0.15, 0.2) is 11.3 Å². The summed E-state index contributed by atoms with van der Waals surface area (Å²) in [5, 5.41) is 4.35. The minimum absolute atomic E-state index is 0.141. The molecule has 0 spiro atoms. The Labute approximate surface area is 151 Å². The van der Waals surface area contributed by atoms with Crippen LogP contribution in [-0.4, -0.2) is 68.1 Å². The van der Waals surface area contributed by atoms with Crippen molar-refractivity contribution >= 4 is 26.9 Å². The Hall–Kier alpha value is -1.97. The standard InChI is InChI=1S/C17H21N3O5S/c21-17(19-6-2-1-3-7-19)16-14-12-13(4-5-15(14)25-18-16)26(22,23)20-8-10-24-11-9-20/h4-5,12H,1-3,6-11H2. The summed E-state index contributed by atoms with van der Waals surface area (Å²) < 4.78 is 37.6. The minimum Gasteiger partial charge on any atom is -0.379 e. The number of rotatable bonds is 3. The topological polar surface area (TPSA) is 93.0 Å². The van der Waals surface area contributed by atoms with Crippen LogP contribution in [0.3, 0.4) is 0 Å². The van der Waals surface area contributed by atoms with Gasteiger partial charge in [-0.05, 0) is 37.5 Å². The molecule has 26 heavy (non-hydrogen) atoms. The van der Waals surface area contributed by atoms with Crippen LogP contribution in [0.2, 0.25) is 0 Å². The Bertz CT molecular complexity index is 912. The fraction of sp³-hybridized carbons (Fsp3) is 0.529. The van der Waals surface area contributed by atoms with Crippen molar-refractivity contribution in [3.05, 3.63) is 23.9 Å². The largest absolute Gasteiger partial charge is 0.379 e. The maximum atomic E-state index is 12.9. The van der Waals surface area contributed by atoms with Crippen molar-refractivity contribution in [3.63, 3.8) is 0 Å². The van der Waals surface area contributed by atoms with E-state index in [4.69, 9.17) is 9.26 Å². The molecule has 9 heteroatoms. The lowest BCUT2D eigenvalue weighted by molar-refractivity contribution is 0.0716. The van der Waals surface area contributed by atoms with Gasteiger partial charge in [-0.1, -0.05) is 5.16 Å². The minimum atomic E-state index is -3.64.